The zero-order valence-electron chi connectivity index (χ0n) is 11.2. The van der Waals surface area contributed by atoms with E-state index in [0.29, 0.717) is 0 Å². The molecule has 0 saturated heterocycles. The molecule has 0 N–H and O–H groups in total. The van der Waals surface area contributed by atoms with Gasteiger partial charge in [-0.1, -0.05) is 0 Å². The van der Waals surface area contributed by atoms with Gasteiger partial charge in [0.15, 0.2) is 0 Å². The van der Waals surface area contributed by atoms with Crippen molar-refractivity contribution >= 4 is 24.8 Å². The summed E-state index contributed by atoms with van der Waals surface area (Å²) in [4.78, 5) is 0. The number of hydrogen-bond donors (Lipinski definition) is 0. The van der Waals surface area contributed by atoms with Crippen molar-refractivity contribution < 1.29 is 23.2 Å². The molecule has 0 nitrogen and oxygen atoms in total. The second-order valence-electron chi connectivity index (χ2n) is 5.32. The van der Waals surface area contributed by atoms with Gasteiger partial charge in [0, 0.05) is 0 Å². The van der Waals surface area contributed by atoms with Crippen molar-refractivity contribution in [3.8, 4) is 0 Å². The molecule has 0 spiro atoms. The largest absolute Gasteiger partial charge is 0.147 e. The maximum absolute atomic E-state index is 2.47. The van der Waals surface area contributed by atoms with Crippen LogP contribution < -0.4 is 0 Å². The van der Waals surface area contributed by atoms with Gasteiger partial charge in [-0.05, 0) is 0 Å². The summed E-state index contributed by atoms with van der Waals surface area (Å²) in [5.74, 6) is 0.924. The van der Waals surface area contributed by atoms with Crippen molar-refractivity contribution in [1.29, 1.82) is 0 Å². The van der Waals surface area contributed by atoms with Crippen LogP contribution in [-0.2, 0) is 23.2 Å². The molecular formula is C16H22Cl2Zr. The molecule has 3 aliphatic carbocycles. The minimum Gasteiger partial charge on any atom is -0.147 e. The molecule has 0 atom stereocenters. The normalized spacial score (nSPS) is 22.0. The van der Waals surface area contributed by atoms with Crippen LogP contribution in [-0.4, -0.2) is 0 Å². The molecule has 3 heteroatoms. The molecule has 19 heavy (non-hydrogen) atoms. The monoisotopic (exact) mass is 374 g/mol. The summed E-state index contributed by atoms with van der Waals surface area (Å²) < 4.78 is 3.66. The Bertz CT molecular complexity index is 412. The average Bonchev–Trinajstić information content (AvgIpc) is 3.02. The Labute approximate surface area is 140 Å². The van der Waals surface area contributed by atoms with Crippen LogP contribution in [0.4, 0.5) is 0 Å². The molecule has 1 saturated carbocycles. The fourth-order valence-electron chi connectivity index (χ4n) is 3.18. The second kappa shape index (κ2) is 8.65. The van der Waals surface area contributed by atoms with Crippen LogP contribution in [0, 0.1) is 5.92 Å². The third-order valence-corrected chi connectivity index (χ3v) is 7.75. The Morgan fingerprint density at radius 3 is 2.42 bits per heavy atom. The molecule has 0 unspecified atom stereocenters. The minimum absolute atomic E-state index is 0. The first-order valence-corrected chi connectivity index (χ1v) is 9.41. The first kappa shape index (κ1) is 17.5. The Hall–Kier alpha value is 0.423. The summed E-state index contributed by atoms with van der Waals surface area (Å²) in [6.07, 6.45) is 21.7. The summed E-state index contributed by atoms with van der Waals surface area (Å²) in [7, 11) is 0. The van der Waals surface area contributed by atoms with Crippen LogP contribution in [0.25, 0.3) is 0 Å². The molecule has 0 heterocycles. The van der Waals surface area contributed by atoms with Gasteiger partial charge in [0.1, 0.15) is 0 Å². The van der Waals surface area contributed by atoms with Gasteiger partial charge < -0.3 is 0 Å². The molecule has 0 aromatic rings. The van der Waals surface area contributed by atoms with Gasteiger partial charge in [0.2, 0.25) is 0 Å². The Balaban J connectivity index is 0.000000902. The van der Waals surface area contributed by atoms with E-state index in [1.807, 2.05) is 3.28 Å². The first-order chi connectivity index (χ1) is 8.43. The van der Waals surface area contributed by atoms with Crippen LogP contribution in [0.1, 0.15) is 44.9 Å². The number of hydrogen-bond acceptors (Lipinski definition) is 0. The van der Waals surface area contributed by atoms with Gasteiger partial charge in [0.25, 0.3) is 0 Å². The first-order valence-electron chi connectivity index (χ1n) is 6.96. The quantitative estimate of drug-likeness (QED) is 0.606. The number of rotatable bonds is 3. The molecule has 104 valence electrons. The maximum Gasteiger partial charge on any atom is -0.147 e. The van der Waals surface area contributed by atoms with Gasteiger partial charge in [-0.25, -0.2) is 0 Å². The third-order valence-electron chi connectivity index (χ3n) is 4.10. The van der Waals surface area contributed by atoms with E-state index in [-0.39, 0.29) is 24.8 Å². The molecule has 0 amide bonds. The molecule has 0 aliphatic heterocycles. The van der Waals surface area contributed by atoms with Crippen molar-refractivity contribution in [3.63, 3.8) is 0 Å². The molecule has 0 bridgehead atoms. The van der Waals surface area contributed by atoms with Crippen molar-refractivity contribution in [3.05, 3.63) is 42.5 Å². The standard InChI is InChI=1S/C11H15.C5H5.2ClH.Zr/c1-2-6-10(7-3-1)11-8-4-5-9-11;1-2-4-5-3-1;;;/h4,8,10H,1-3,5-7H2;1-3H,4H2;2*1H;. The number of halogens is 2. The van der Waals surface area contributed by atoms with E-state index in [0.717, 1.165) is 5.92 Å². The van der Waals surface area contributed by atoms with Gasteiger partial charge in [-0.2, -0.15) is 0 Å². The van der Waals surface area contributed by atoms with Gasteiger partial charge in [-0.3, -0.25) is 0 Å². The predicted molar refractivity (Wildman–Crippen MR) is 83.7 cm³/mol. The SMILES string of the molecule is C1=CC[C]([Zr][C]2=C(C3CCCCC3)C=CC2)=C1.Cl.Cl. The van der Waals surface area contributed by atoms with E-state index in [2.05, 4.69) is 30.4 Å². The molecular weight excluding hydrogens is 354 g/mol. The minimum atomic E-state index is -0.413. The molecule has 0 aromatic heterocycles. The van der Waals surface area contributed by atoms with Crippen molar-refractivity contribution in [2.45, 2.75) is 44.9 Å². The molecule has 3 rings (SSSR count). The molecule has 1 fully saturated rings. The summed E-state index contributed by atoms with van der Waals surface area (Å²) in [6, 6.07) is 0. The Kier molecular flexibility index (Phi) is 7.96. The summed E-state index contributed by atoms with van der Waals surface area (Å²) >= 11 is -0.413. The van der Waals surface area contributed by atoms with E-state index >= 15 is 0 Å². The third kappa shape index (κ3) is 4.45. The van der Waals surface area contributed by atoms with Crippen LogP contribution in [0.5, 0.6) is 0 Å². The fraction of sp³-hybridized carbons (Fsp3) is 0.500. The van der Waals surface area contributed by atoms with E-state index < -0.39 is 23.2 Å². The zero-order chi connectivity index (χ0) is 11.5. The molecule has 0 radical (unpaired) electrons. The van der Waals surface area contributed by atoms with Crippen LogP contribution in [0.2, 0.25) is 0 Å². The topological polar surface area (TPSA) is 0 Å². The second-order valence-corrected chi connectivity index (χ2v) is 9.00. The van der Waals surface area contributed by atoms with Crippen molar-refractivity contribution in [1.82, 2.24) is 0 Å². The van der Waals surface area contributed by atoms with Crippen LogP contribution in [0.15, 0.2) is 42.5 Å². The van der Waals surface area contributed by atoms with E-state index in [9.17, 15) is 0 Å². The summed E-state index contributed by atoms with van der Waals surface area (Å²) in [5, 5.41) is 0. The average molecular weight is 376 g/mol. The summed E-state index contributed by atoms with van der Waals surface area (Å²) in [6.45, 7) is 0. The van der Waals surface area contributed by atoms with E-state index in [1.54, 1.807) is 8.85 Å². The molecule has 0 aromatic carbocycles. The fourth-order valence-corrected chi connectivity index (χ4v) is 6.71. The van der Waals surface area contributed by atoms with Gasteiger partial charge in [0.05, 0.1) is 0 Å². The summed E-state index contributed by atoms with van der Waals surface area (Å²) in [5.41, 5.74) is 1.78. The van der Waals surface area contributed by atoms with Crippen LogP contribution in [0.3, 0.4) is 0 Å². The maximum atomic E-state index is 2.47. The van der Waals surface area contributed by atoms with Crippen LogP contribution >= 0.6 is 24.8 Å². The Morgan fingerprint density at radius 2 is 1.74 bits per heavy atom. The van der Waals surface area contributed by atoms with E-state index in [1.165, 1.54) is 44.9 Å². The Morgan fingerprint density at radius 1 is 0.947 bits per heavy atom. The van der Waals surface area contributed by atoms with E-state index in [4.69, 9.17) is 0 Å². The van der Waals surface area contributed by atoms with Gasteiger partial charge >= 0.3 is 117 Å². The van der Waals surface area contributed by atoms with Crippen molar-refractivity contribution in [2.75, 3.05) is 0 Å². The molecule has 3 aliphatic rings. The van der Waals surface area contributed by atoms with Gasteiger partial charge in [-0.15, -0.1) is 24.8 Å². The zero-order valence-corrected chi connectivity index (χ0v) is 15.3. The van der Waals surface area contributed by atoms with Crippen molar-refractivity contribution in [2.24, 2.45) is 5.92 Å². The predicted octanol–water partition coefficient (Wildman–Crippen LogP) is 5.55. The smallest absolute Gasteiger partial charge is 0.147 e. The number of allylic oxidation sites excluding steroid dienone is 8.